The van der Waals surface area contributed by atoms with Gasteiger partial charge in [0.1, 0.15) is 5.82 Å². The molecule has 1 heterocycles. The first-order valence-electron chi connectivity index (χ1n) is 8.12. The van der Waals surface area contributed by atoms with Crippen molar-refractivity contribution in [3.63, 3.8) is 0 Å². The lowest BCUT2D eigenvalue weighted by Crippen LogP contribution is -2.21. The van der Waals surface area contributed by atoms with Gasteiger partial charge in [-0.2, -0.15) is 0 Å². The van der Waals surface area contributed by atoms with Crippen molar-refractivity contribution >= 4 is 10.9 Å². The maximum Gasteiger partial charge on any atom is 0.123 e. The second kappa shape index (κ2) is 6.17. The first-order valence-corrected chi connectivity index (χ1v) is 8.12. The average Bonchev–Trinajstić information content (AvgIpc) is 2.81. The van der Waals surface area contributed by atoms with Crippen molar-refractivity contribution in [3.05, 3.63) is 60.0 Å². The van der Waals surface area contributed by atoms with Crippen LogP contribution in [-0.2, 0) is 6.42 Å². The molecule has 1 aromatic heterocycles. The van der Waals surface area contributed by atoms with E-state index in [9.17, 15) is 4.39 Å². The van der Waals surface area contributed by atoms with E-state index < -0.39 is 0 Å². The van der Waals surface area contributed by atoms with Crippen LogP contribution in [0.5, 0.6) is 0 Å². The highest BCUT2D eigenvalue weighted by atomic mass is 19.1. The van der Waals surface area contributed by atoms with Gasteiger partial charge in [-0.25, -0.2) is 4.39 Å². The zero-order valence-electron chi connectivity index (χ0n) is 13.9. The smallest absolute Gasteiger partial charge is 0.123 e. The van der Waals surface area contributed by atoms with Crippen molar-refractivity contribution in [1.82, 2.24) is 4.57 Å². The highest BCUT2D eigenvalue weighted by Crippen LogP contribution is 2.37. The number of hydrogen-bond donors (Lipinski definition) is 1. The van der Waals surface area contributed by atoms with Crippen LogP contribution < -0.4 is 5.73 Å². The molecular formula is C20H23FN2. The fourth-order valence-electron chi connectivity index (χ4n) is 3.35. The van der Waals surface area contributed by atoms with Crippen LogP contribution in [0.4, 0.5) is 4.39 Å². The van der Waals surface area contributed by atoms with Crippen LogP contribution >= 0.6 is 0 Å². The van der Waals surface area contributed by atoms with E-state index >= 15 is 0 Å². The van der Waals surface area contributed by atoms with Gasteiger partial charge in [-0.3, -0.25) is 0 Å². The normalized spacial score (nSPS) is 13.0. The fraction of sp³-hybridized carbons (Fsp3) is 0.300. The lowest BCUT2D eigenvalue weighted by molar-refractivity contribution is 0.577. The summed E-state index contributed by atoms with van der Waals surface area (Å²) in [6.07, 6.45) is 0.791. The average molecular weight is 310 g/mol. The third kappa shape index (κ3) is 2.89. The van der Waals surface area contributed by atoms with Gasteiger partial charge in [0.25, 0.3) is 0 Å². The lowest BCUT2D eigenvalue weighted by atomic mass is 9.99. The Morgan fingerprint density at radius 2 is 1.65 bits per heavy atom. The van der Waals surface area contributed by atoms with Gasteiger partial charge in [0.05, 0.1) is 0 Å². The Kier molecular flexibility index (Phi) is 4.22. The molecule has 2 aromatic carbocycles. The first-order chi connectivity index (χ1) is 11.0. The maximum atomic E-state index is 13.3. The fourth-order valence-corrected chi connectivity index (χ4v) is 3.35. The molecule has 3 rings (SSSR count). The third-order valence-electron chi connectivity index (χ3n) is 4.18. The summed E-state index contributed by atoms with van der Waals surface area (Å²) in [5.74, 6) is -0.213. The summed E-state index contributed by atoms with van der Waals surface area (Å²) < 4.78 is 15.7. The van der Waals surface area contributed by atoms with Crippen LogP contribution in [0, 0.1) is 5.82 Å². The zero-order valence-corrected chi connectivity index (χ0v) is 13.9. The molecule has 0 fully saturated rings. The van der Waals surface area contributed by atoms with Crippen LogP contribution in [0.15, 0.2) is 48.5 Å². The number of halogens is 1. The topological polar surface area (TPSA) is 30.9 Å². The van der Waals surface area contributed by atoms with Crippen molar-refractivity contribution in [2.24, 2.45) is 5.73 Å². The van der Waals surface area contributed by atoms with Gasteiger partial charge in [0, 0.05) is 40.7 Å². The van der Waals surface area contributed by atoms with Crippen molar-refractivity contribution in [2.75, 3.05) is 0 Å². The molecule has 0 aliphatic carbocycles. The van der Waals surface area contributed by atoms with Crippen molar-refractivity contribution in [3.8, 4) is 11.1 Å². The minimum atomic E-state index is -0.213. The Hall–Kier alpha value is -2.13. The number of nitrogens with two attached hydrogens (primary N) is 1. The quantitative estimate of drug-likeness (QED) is 0.728. The van der Waals surface area contributed by atoms with Gasteiger partial charge < -0.3 is 10.3 Å². The van der Waals surface area contributed by atoms with Gasteiger partial charge >= 0.3 is 0 Å². The molecule has 3 heteroatoms. The Balaban J connectivity index is 2.35. The van der Waals surface area contributed by atoms with Crippen LogP contribution in [0.2, 0.25) is 0 Å². The Labute approximate surface area is 136 Å². The second-order valence-electron chi connectivity index (χ2n) is 6.49. The molecule has 23 heavy (non-hydrogen) atoms. The van der Waals surface area contributed by atoms with Crippen molar-refractivity contribution < 1.29 is 4.39 Å². The Morgan fingerprint density at radius 1 is 1.00 bits per heavy atom. The first kappa shape index (κ1) is 15.8. The highest BCUT2D eigenvalue weighted by molar-refractivity contribution is 5.98. The van der Waals surface area contributed by atoms with Gasteiger partial charge in [-0.1, -0.05) is 30.3 Å². The van der Waals surface area contributed by atoms with Crippen LogP contribution in [0.1, 0.15) is 32.5 Å². The monoisotopic (exact) mass is 310 g/mol. The summed E-state index contributed by atoms with van der Waals surface area (Å²) in [5, 5.41) is 1.20. The summed E-state index contributed by atoms with van der Waals surface area (Å²) in [5.41, 5.74) is 10.8. The number of aromatic nitrogens is 1. The molecule has 0 aliphatic heterocycles. The third-order valence-corrected chi connectivity index (χ3v) is 4.18. The predicted molar refractivity (Wildman–Crippen MR) is 95.1 cm³/mol. The molecule has 3 aromatic rings. The molecule has 0 saturated heterocycles. The molecule has 0 aliphatic rings. The zero-order chi connectivity index (χ0) is 16.6. The van der Waals surface area contributed by atoms with Gasteiger partial charge in [0.15, 0.2) is 0 Å². The molecule has 2 N–H and O–H groups in total. The molecule has 0 spiro atoms. The molecule has 0 amide bonds. The SMILES string of the molecule is CC(N)Cc1c(-c2ccc(F)cc2)c2ccccc2n1C(C)C. The minimum Gasteiger partial charge on any atom is -0.341 e. The number of hydrogen-bond acceptors (Lipinski definition) is 1. The standard InChI is InChI=1S/C20H23FN2/c1-13(2)23-18-7-5-4-6-17(18)20(19(23)12-14(3)22)15-8-10-16(21)11-9-15/h4-11,13-14H,12,22H2,1-3H3. The van der Waals surface area contributed by atoms with Crippen molar-refractivity contribution in [2.45, 2.75) is 39.3 Å². The number of benzene rings is 2. The predicted octanol–water partition coefficient (Wildman–Crippen LogP) is 4.92. The Morgan fingerprint density at radius 3 is 2.26 bits per heavy atom. The number of rotatable bonds is 4. The minimum absolute atomic E-state index is 0.0658. The van der Waals surface area contributed by atoms with E-state index in [1.54, 1.807) is 0 Å². The number of fused-ring (bicyclic) bond motifs is 1. The van der Waals surface area contributed by atoms with E-state index in [1.807, 2.05) is 19.1 Å². The van der Waals surface area contributed by atoms with E-state index in [4.69, 9.17) is 5.73 Å². The van der Waals surface area contributed by atoms with Gasteiger partial charge in [0.2, 0.25) is 0 Å². The van der Waals surface area contributed by atoms with Crippen molar-refractivity contribution in [1.29, 1.82) is 0 Å². The van der Waals surface area contributed by atoms with Crippen LogP contribution in [0.25, 0.3) is 22.0 Å². The summed E-state index contributed by atoms with van der Waals surface area (Å²) in [4.78, 5) is 0. The van der Waals surface area contributed by atoms with E-state index in [0.29, 0.717) is 6.04 Å². The molecule has 0 saturated carbocycles. The maximum absolute atomic E-state index is 13.3. The summed E-state index contributed by atoms with van der Waals surface area (Å²) in [6, 6.07) is 15.5. The van der Waals surface area contributed by atoms with E-state index in [-0.39, 0.29) is 11.9 Å². The van der Waals surface area contributed by atoms with Crippen LogP contribution in [0.3, 0.4) is 0 Å². The van der Waals surface area contributed by atoms with Gasteiger partial charge in [-0.15, -0.1) is 0 Å². The number of para-hydroxylation sites is 1. The molecule has 0 bridgehead atoms. The van der Waals surface area contributed by atoms with Gasteiger partial charge in [-0.05, 0) is 44.5 Å². The lowest BCUT2D eigenvalue weighted by Gasteiger charge is -2.17. The highest BCUT2D eigenvalue weighted by Gasteiger charge is 2.20. The summed E-state index contributed by atoms with van der Waals surface area (Å²) >= 11 is 0. The van der Waals surface area contributed by atoms with E-state index in [2.05, 4.69) is 42.7 Å². The molecule has 120 valence electrons. The van der Waals surface area contributed by atoms with E-state index in [0.717, 1.165) is 12.0 Å². The molecule has 1 atom stereocenters. The van der Waals surface area contributed by atoms with Crippen LogP contribution in [-0.4, -0.2) is 10.6 Å². The second-order valence-corrected chi connectivity index (χ2v) is 6.49. The molecule has 0 radical (unpaired) electrons. The summed E-state index contributed by atoms with van der Waals surface area (Å²) in [7, 11) is 0. The molecular weight excluding hydrogens is 287 g/mol. The molecule has 1 unspecified atom stereocenters. The molecule has 2 nitrogen and oxygen atoms in total. The Bertz CT molecular complexity index is 814. The summed E-state index contributed by atoms with van der Waals surface area (Å²) in [6.45, 7) is 6.40. The largest absolute Gasteiger partial charge is 0.341 e. The number of nitrogens with zero attached hydrogens (tertiary/aromatic N) is 1. The van der Waals surface area contributed by atoms with E-state index in [1.165, 1.54) is 34.3 Å².